The predicted molar refractivity (Wildman–Crippen MR) is 198 cm³/mol. The fraction of sp³-hybridized carbons (Fsp3) is 0.421. The summed E-state index contributed by atoms with van der Waals surface area (Å²) < 4.78 is 9.81. The summed E-state index contributed by atoms with van der Waals surface area (Å²) in [5.74, 6) is -0.135. The SMILES string of the molecule is CC(C)(C)OC(=O)N1CC[C@@H](C2c3ncc(Br)cc3CCc3cc(Cl)cc(Br)c32)CC1C(=O)N(CCCn1ccnc1)Cc1ccccc1. The molecule has 2 aliphatic rings. The number of benzene rings is 2. The van der Waals surface area contributed by atoms with Crippen molar-refractivity contribution >= 4 is 55.5 Å². The summed E-state index contributed by atoms with van der Waals surface area (Å²) in [5, 5.41) is 0.685. The number of amides is 2. The van der Waals surface area contributed by atoms with Crippen LogP contribution < -0.4 is 0 Å². The van der Waals surface area contributed by atoms with Gasteiger partial charge in [0.15, 0.2) is 0 Å². The summed E-state index contributed by atoms with van der Waals surface area (Å²) in [6.45, 7) is 7.68. The van der Waals surface area contributed by atoms with Crippen molar-refractivity contribution in [3.63, 3.8) is 0 Å². The van der Waals surface area contributed by atoms with Crippen LogP contribution in [0.15, 0.2) is 82.4 Å². The van der Waals surface area contributed by atoms with E-state index in [4.69, 9.17) is 21.3 Å². The number of imidazole rings is 1. The number of rotatable bonds is 8. The van der Waals surface area contributed by atoms with Gasteiger partial charge in [-0.2, -0.15) is 0 Å². The molecule has 2 aromatic carbocycles. The quantitative estimate of drug-likeness (QED) is 0.178. The molecule has 4 aromatic rings. The van der Waals surface area contributed by atoms with E-state index in [9.17, 15) is 9.59 Å². The van der Waals surface area contributed by atoms with Crippen LogP contribution in [0.25, 0.3) is 0 Å². The Bertz CT molecular complexity index is 1780. The number of hydrogen-bond donors (Lipinski definition) is 0. The van der Waals surface area contributed by atoms with E-state index in [2.05, 4.69) is 49.0 Å². The topological polar surface area (TPSA) is 80.6 Å². The number of aromatic nitrogens is 3. The minimum atomic E-state index is -0.706. The van der Waals surface area contributed by atoms with Gasteiger partial charge >= 0.3 is 6.09 Å². The number of fused-ring (bicyclic) bond motifs is 2. The molecular weight excluding hydrogens is 770 g/mol. The summed E-state index contributed by atoms with van der Waals surface area (Å²) in [5.41, 5.74) is 4.89. The zero-order chi connectivity index (χ0) is 34.7. The van der Waals surface area contributed by atoms with Gasteiger partial charge < -0.3 is 14.2 Å². The van der Waals surface area contributed by atoms with Gasteiger partial charge in [-0.15, -0.1) is 0 Å². The Hall–Kier alpha value is -3.21. The van der Waals surface area contributed by atoms with Crippen molar-refractivity contribution in [1.82, 2.24) is 24.3 Å². The maximum absolute atomic E-state index is 14.9. The lowest BCUT2D eigenvalue weighted by atomic mass is 9.74. The van der Waals surface area contributed by atoms with Gasteiger partial charge in [0, 0.05) is 64.7 Å². The number of ether oxygens (including phenoxy) is 1. The highest BCUT2D eigenvalue weighted by Crippen LogP contribution is 2.47. The van der Waals surface area contributed by atoms with E-state index in [1.54, 1.807) is 17.4 Å². The molecule has 3 atom stereocenters. The van der Waals surface area contributed by atoms with Gasteiger partial charge in [-0.05, 0) is 115 Å². The Kier molecular flexibility index (Phi) is 11.2. The van der Waals surface area contributed by atoms with Gasteiger partial charge in [-0.25, -0.2) is 9.78 Å². The van der Waals surface area contributed by atoms with Crippen LogP contribution in [0.5, 0.6) is 0 Å². The van der Waals surface area contributed by atoms with Gasteiger partial charge in [0.05, 0.1) is 12.0 Å². The fourth-order valence-electron chi connectivity index (χ4n) is 7.24. The molecule has 1 fully saturated rings. The number of piperidine rings is 1. The zero-order valence-corrected chi connectivity index (χ0v) is 32.0. The third-order valence-electron chi connectivity index (χ3n) is 9.38. The lowest BCUT2D eigenvalue weighted by Gasteiger charge is -2.43. The minimum absolute atomic E-state index is 0.0268. The van der Waals surface area contributed by atoms with Crippen LogP contribution in [-0.2, 0) is 35.5 Å². The van der Waals surface area contributed by atoms with Crippen LogP contribution in [-0.4, -0.2) is 61.1 Å². The van der Waals surface area contributed by atoms with E-state index in [1.807, 2.05) is 79.0 Å². The Morgan fingerprint density at radius 1 is 1.08 bits per heavy atom. The number of carbonyl (C=O) groups excluding carboxylic acids is 2. The van der Waals surface area contributed by atoms with Gasteiger partial charge in [-0.1, -0.05) is 57.9 Å². The van der Waals surface area contributed by atoms with Crippen molar-refractivity contribution in [2.24, 2.45) is 5.92 Å². The smallest absolute Gasteiger partial charge is 0.410 e. The van der Waals surface area contributed by atoms with E-state index in [0.717, 1.165) is 46.0 Å². The molecule has 0 bridgehead atoms. The maximum Gasteiger partial charge on any atom is 0.410 e. The normalized spacial score (nSPS) is 19.1. The number of halogens is 3. The summed E-state index contributed by atoms with van der Waals surface area (Å²) in [6, 6.07) is 15.5. The molecule has 3 heterocycles. The number of pyridine rings is 1. The zero-order valence-electron chi connectivity index (χ0n) is 28.1. The van der Waals surface area contributed by atoms with Crippen LogP contribution >= 0.6 is 43.5 Å². The molecule has 1 saturated heterocycles. The maximum atomic E-state index is 14.9. The van der Waals surface area contributed by atoms with Crippen molar-refractivity contribution in [2.75, 3.05) is 13.1 Å². The highest BCUT2D eigenvalue weighted by atomic mass is 79.9. The van der Waals surface area contributed by atoms with Crippen LogP contribution in [0, 0.1) is 5.92 Å². The van der Waals surface area contributed by atoms with Crippen molar-refractivity contribution in [1.29, 1.82) is 0 Å². The van der Waals surface area contributed by atoms with E-state index < -0.39 is 17.7 Å². The summed E-state index contributed by atoms with van der Waals surface area (Å²) in [7, 11) is 0. The Balaban J connectivity index is 1.38. The van der Waals surface area contributed by atoms with Crippen molar-refractivity contribution in [3.8, 4) is 0 Å². The molecule has 0 radical (unpaired) electrons. The number of carbonyl (C=O) groups is 2. The first-order valence-electron chi connectivity index (χ1n) is 16.9. The van der Waals surface area contributed by atoms with E-state index in [0.29, 0.717) is 37.5 Å². The molecule has 2 amide bonds. The molecule has 6 rings (SSSR count). The molecule has 0 saturated carbocycles. The molecule has 2 aromatic heterocycles. The average Bonchev–Trinajstić information content (AvgIpc) is 3.52. The lowest BCUT2D eigenvalue weighted by Crippen LogP contribution is -2.56. The molecule has 0 spiro atoms. The van der Waals surface area contributed by atoms with Gasteiger partial charge in [0.1, 0.15) is 11.6 Å². The molecule has 1 aliphatic heterocycles. The number of nitrogens with zero attached hydrogens (tertiary/aromatic N) is 5. The van der Waals surface area contributed by atoms with Gasteiger partial charge in [-0.3, -0.25) is 14.7 Å². The van der Waals surface area contributed by atoms with Crippen LogP contribution in [0.4, 0.5) is 4.79 Å². The molecule has 0 N–H and O–H groups in total. The highest BCUT2D eigenvalue weighted by molar-refractivity contribution is 9.10. The highest BCUT2D eigenvalue weighted by Gasteiger charge is 2.44. The first kappa shape index (κ1) is 35.6. The largest absolute Gasteiger partial charge is 0.444 e. The predicted octanol–water partition coefficient (Wildman–Crippen LogP) is 8.82. The second-order valence-electron chi connectivity index (χ2n) is 14.0. The first-order chi connectivity index (χ1) is 23.5. The van der Waals surface area contributed by atoms with Gasteiger partial charge in [0.2, 0.25) is 5.91 Å². The van der Waals surface area contributed by atoms with Crippen molar-refractivity contribution < 1.29 is 14.3 Å². The second kappa shape index (κ2) is 15.4. The monoisotopic (exact) mass is 809 g/mol. The third kappa shape index (κ3) is 8.58. The Labute approximate surface area is 310 Å². The molecule has 49 heavy (non-hydrogen) atoms. The van der Waals surface area contributed by atoms with E-state index in [-0.39, 0.29) is 17.7 Å². The molecule has 2 unspecified atom stereocenters. The molecule has 258 valence electrons. The lowest BCUT2D eigenvalue weighted by molar-refractivity contribution is -0.139. The van der Waals surface area contributed by atoms with Crippen LogP contribution in [0.1, 0.15) is 73.9 Å². The minimum Gasteiger partial charge on any atom is -0.444 e. The number of aryl methyl sites for hydroxylation is 3. The van der Waals surface area contributed by atoms with Crippen LogP contribution in [0.3, 0.4) is 0 Å². The number of hydrogen-bond acceptors (Lipinski definition) is 5. The first-order valence-corrected chi connectivity index (χ1v) is 18.8. The van der Waals surface area contributed by atoms with Crippen LogP contribution in [0.2, 0.25) is 5.02 Å². The van der Waals surface area contributed by atoms with E-state index >= 15 is 0 Å². The van der Waals surface area contributed by atoms with Crippen molar-refractivity contribution in [3.05, 3.63) is 115 Å². The average molecular weight is 812 g/mol. The molecular formula is C38H42Br2ClN5O3. The Morgan fingerprint density at radius 3 is 2.59 bits per heavy atom. The van der Waals surface area contributed by atoms with Crippen molar-refractivity contribution in [2.45, 2.75) is 83.5 Å². The molecule has 1 aliphatic carbocycles. The summed E-state index contributed by atoms with van der Waals surface area (Å²) in [6.07, 6.45) is 10.5. The summed E-state index contributed by atoms with van der Waals surface area (Å²) >= 11 is 14.1. The fourth-order valence-corrected chi connectivity index (χ4v) is 8.74. The standard InChI is InChI=1S/C38H42Br2ClN5O3/c1-38(2,3)49-37(48)46-16-12-27(34-33-26(19-30(41)21-31(33)40)10-11-28-18-29(39)22-43-35(28)34)20-32(46)36(47)45(23-25-8-5-4-6-9-25)15-7-14-44-17-13-42-24-44/h4-6,8-9,13,17-19,21-22,24,27,32,34H,7,10-12,14-16,20,23H2,1-3H3/t27-,32?,34?/m1/s1. The van der Waals surface area contributed by atoms with E-state index in [1.165, 1.54) is 16.7 Å². The Morgan fingerprint density at radius 2 is 1.86 bits per heavy atom. The molecule has 8 nitrogen and oxygen atoms in total. The summed E-state index contributed by atoms with van der Waals surface area (Å²) in [4.78, 5) is 41.5. The third-order valence-corrected chi connectivity index (χ3v) is 10.7. The van der Waals surface area contributed by atoms with Gasteiger partial charge in [0.25, 0.3) is 0 Å². The second-order valence-corrected chi connectivity index (χ2v) is 16.2. The number of likely N-dealkylation sites (tertiary alicyclic amines) is 1. The molecule has 11 heteroatoms.